The van der Waals surface area contributed by atoms with Gasteiger partial charge in [-0.3, -0.25) is 34.5 Å². The van der Waals surface area contributed by atoms with Crippen molar-refractivity contribution in [2.45, 2.75) is 70.4 Å². The van der Waals surface area contributed by atoms with E-state index in [1.165, 1.54) is 12.1 Å². The van der Waals surface area contributed by atoms with Crippen LogP contribution >= 0.6 is 0 Å². The van der Waals surface area contributed by atoms with Crippen LogP contribution in [-0.4, -0.2) is 78.4 Å². The Morgan fingerprint density at radius 1 is 1.07 bits per heavy atom. The van der Waals surface area contributed by atoms with E-state index in [1.807, 2.05) is 0 Å². The smallest absolute Gasteiger partial charge is 0.326 e. The SMILES string of the molecule is O=CO[C@H](CCCCn1cc(COCCCc2ccc([N+](=O)[O-])cc2[N+](=O)[O-])nn1)NC(=O)N[C@@H](CCC(=O)O)C(=O)O. The molecule has 19 heteroatoms. The second-order valence-electron chi connectivity index (χ2n) is 9.11. The zero-order valence-corrected chi connectivity index (χ0v) is 22.8. The van der Waals surface area contributed by atoms with E-state index in [-0.39, 0.29) is 50.3 Å². The Labute approximate surface area is 243 Å². The molecule has 1 aromatic heterocycles. The minimum absolute atomic E-state index is 0.139. The fourth-order valence-corrected chi connectivity index (χ4v) is 3.82. The van der Waals surface area contributed by atoms with Gasteiger partial charge in [-0.2, -0.15) is 0 Å². The number of hydrogen-bond acceptors (Lipinski definition) is 12. The fourth-order valence-electron chi connectivity index (χ4n) is 3.82. The number of nitro benzene ring substituents is 2. The molecule has 0 saturated heterocycles. The number of nitro groups is 2. The van der Waals surface area contributed by atoms with Gasteiger partial charge < -0.3 is 30.3 Å². The average Bonchev–Trinajstić information content (AvgIpc) is 3.40. The van der Waals surface area contributed by atoms with Gasteiger partial charge >= 0.3 is 18.0 Å². The number of nitrogens with zero attached hydrogens (tertiary/aromatic N) is 5. The predicted molar refractivity (Wildman–Crippen MR) is 142 cm³/mol. The quantitative estimate of drug-likeness (QED) is 0.0514. The van der Waals surface area contributed by atoms with Crippen molar-refractivity contribution in [1.29, 1.82) is 0 Å². The lowest BCUT2D eigenvalue weighted by molar-refractivity contribution is -0.394. The number of nitrogens with one attached hydrogen (secondary N) is 2. The van der Waals surface area contributed by atoms with Gasteiger partial charge in [-0.05, 0) is 38.2 Å². The summed E-state index contributed by atoms with van der Waals surface area (Å²) in [5.74, 6) is -2.62. The number of non-ortho nitro benzene ring substituents is 1. The number of unbranched alkanes of at least 4 members (excludes halogenated alkanes) is 1. The van der Waals surface area contributed by atoms with E-state index in [0.717, 1.165) is 6.07 Å². The molecule has 1 aromatic carbocycles. The molecule has 0 aliphatic carbocycles. The number of rotatable bonds is 21. The average molecular weight is 610 g/mol. The molecule has 0 aliphatic rings. The third kappa shape index (κ3) is 12.5. The molecular formula is C24H31N7O12. The second-order valence-corrected chi connectivity index (χ2v) is 9.11. The molecular weight excluding hydrogens is 578 g/mol. The van der Waals surface area contributed by atoms with Crippen molar-refractivity contribution in [3.05, 3.63) is 55.9 Å². The molecule has 0 saturated carbocycles. The van der Waals surface area contributed by atoms with Crippen LogP contribution in [0.3, 0.4) is 0 Å². The number of carboxylic acid groups (broad SMARTS) is 2. The van der Waals surface area contributed by atoms with E-state index < -0.39 is 46.5 Å². The van der Waals surface area contributed by atoms with E-state index in [9.17, 15) is 39.4 Å². The highest BCUT2D eigenvalue weighted by Gasteiger charge is 2.23. The Morgan fingerprint density at radius 3 is 2.49 bits per heavy atom. The molecule has 19 nitrogen and oxygen atoms in total. The third-order valence-corrected chi connectivity index (χ3v) is 5.91. The Morgan fingerprint density at radius 2 is 1.84 bits per heavy atom. The normalized spacial score (nSPS) is 12.1. The highest BCUT2D eigenvalue weighted by molar-refractivity contribution is 5.83. The van der Waals surface area contributed by atoms with Crippen molar-refractivity contribution in [3.63, 3.8) is 0 Å². The molecule has 0 bridgehead atoms. The van der Waals surface area contributed by atoms with Crippen LogP contribution in [0.4, 0.5) is 16.2 Å². The minimum atomic E-state index is -1.44. The molecule has 2 aromatic rings. The molecule has 2 atom stereocenters. The highest BCUT2D eigenvalue weighted by atomic mass is 16.6. The number of ether oxygens (including phenoxy) is 2. The van der Waals surface area contributed by atoms with Crippen LogP contribution in [0, 0.1) is 20.2 Å². The van der Waals surface area contributed by atoms with Gasteiger partial charge in [0.2, 0.25) is 0 Å². The molecule has 0 aliphatic heterocycles. The molecule has 2 rings (SSSR count). The summed E-state index contributed by atoms with van der Waals surface area (Å²) in [6, 6.07) is 1.14. The standard InChI is InChI=1S/C24H31N7O12/c32-15-43-21(26-24(37)25-19(23(35)36)8-9-22(33)34)5-1-2-10-29-13-17(27-28-29)14-42-11-3-4-16-6-7-18(30(38)39)12-20(16)31(40)41/h6-7,12-13,15,19,21H,1-5,8-11,14H2,(H,33,34)(H,35,36)(H2,25,26,37)/t19-,21+/m0/s1. The van der Waals surface area contributed by atoms with Crippen LogP contribution in [0.25, 0.3) is 0 Å². The lowest BCUT2D eigenvalue weighted by atomic mass is 10.1. The van der Waals surface area contributed by atoms with E-state index >= 15 is 0 Å². The summed E-state index contributed by atoms with van der Waals surface area (Å²) in [6.45, 7) is 0.973. The van der Waals surface area contributed by atoms with Crippen molar-refractivity contribution in [3.8, 4) is 0 Å². The number of aromatic nitrogens is 3. The second kappa shape index (κ2) is 17.6. The van der Waals surface area contributed by atoms with Gasteiger partial charge in [-0.1, -0.05) is 5.21 Å². The number of aryl methyl sites for hydroxylation is 2. The summed E-state index contributed by atoms with van der Waals surface area (Å²) >= 11 is 0. The monoisotopic (exact) mass is 609 g/mol. The van der Waals surface area contributed by atoms with Crippen LogP contribution in [0.2, 0.25) is 0 Å². The van der Waals surface area contributed by atoms with Crippen molar-refractivity contribution < 1.29 is 48.7 Å². The first-order valence-corrected chi connectivity index (χ1v) is 13.0. The first kappa shape index (κ1) is 34.0. The maximum atomic E-state index is 12.1. The summed E-state index contributed by atoms with van der Waals surface area (Å²) in [6.07, 6.45) is 1.79. The van der Waals surface area contributed by atoms with Gasteiger partial charge in [0, 0.05) is 37.6 Å². The number of carboxylic acids is 2. The fraction of sp³-hybridized carbons (Fsp3) is 0.500. The number of carbonyl (C=O) groups is 4. The zero-order valence-electron chi connectivity index (χ0n) is 22.8. The number of carbonyl (C=O) groups excluding carboxylic acids is 2. The van der Waals surface area contributed by atoms with Gasteiger partial charge in [0.15, 0.2) is 6.23 Å². The number of benzene rings is 1. The van der Waals surface area contributed by atoms with E-state index in [2.05, 4.69) is 20.9 Å². The van der Waals surface area contributed by atoms with Gasteiger partial charge in [0.25, 0.3) is 17.8 Å². The Kier molecular flexibility index (Phi) is 13.9. The van der Waals surface area contributed by atoms with Crippen molar-refractivity contribution >= 4 is 35.8 Å². The summed E-state index contributed by atoms with van der Waals surface area (Å²) < 4.78 is 11.9. The van der Waals surface area contributed by atoms with Crippen molar-refractivity contribution in [2.75, 3.05) is 6.61 Å². The molecule has 4 N–H and O–H groups in total. The van der Waals surface area contributed by atoms with E-state index in [1.54, 1.807) is 10.9 Å². The topological polar surface area (TPSA) is 268 Å². The first-order valence-electron chi connectivity index (χ1n) is 13.0. The number of urea groups is 1. The third-order valence-electron chi connectivity index (χ3n) is 5.91. The maximum Gasteiger partial charge on any atom is 0.326 e. The van der Waals surface area contributed by atoms with E-state index in [4.69, 9.17) is 19.7 Å². The van der Waals surface area contributed by atoms with Gasteiger partial charge in [0.05, 0.1) is 28.7 Å². The largest absolute Gasteiger partial charge is 0.481 e. The summed E-state index contributed by atoms with van der Waals surface area (Å²) in [7, 11) is 0. The van der Waals surface area contributed by atoms with Gasteiger partial charge in [-0.15, -0.1) is 5.10 Å². The van der Waals surface area contributed by atoms with Crippen LogP contribution in [0.5, 0.6) is 0 Å². The zero-order chi connectivity index (χ0) is 31.8. The molecule has 0 fully saturated rings. The minimum Gasteiger partial charge on any atom is -0.481 e. The van der Waals surface area contributed by atoms with Crippen LogP contribution in [0.15, 0.2) is 24.4 Å². The Balaban J connectivity index is 1.70. The first-order chi connectivity index (χ1) is 20.5. The van der Waals surface area contributed by atoms with Crippen molar-refractivity contribution in [1.82, 2.24) is 25.6 Å². The molecule has 2 amide bonds. The lowest BCUT2D eigenvalue weighted by Crippen LogP contribution is -2.49. The van der Waals surface area contributed by atoms with Crippen LogP contribution < -0.4 is 10.6 Å². The molecule has 0 unspecified atom stereocenters. The highest BCUT2D eigenvalue weighted by Crippen LogP contribution is 2.25. The van der Waals surface area contributed by atoms with Crippen LogP contribution in [0.1, 0.15) is 49.8 Å². The number of amides is 2. The van der Waals surface area contributed by atoms with Crippen molar-refractivity contribution in [2.24, 2.45) is 0 Å². The summed E-state index contributed by atoms with van der Waals surface area (Å²) in [5, 5.41) is 52.4. The molecule has 234 valence electrons. The lowest BCUT2D eigenvalue weighted by Gasteiger charge is -2.19. The number of aliphatic carboxylic acids is 2. The van der Waals surface area contributed by atoms with Gasteiger partial charge in [0.1, 0.15) is 11.7 Å². The Bertz CT molecular complexity index is 1290. The molecule has 0 radical (unpaired) electrons. The maximum absolute atomic E-state index is 12.1. The summed E-state index contributed by atoms with van der Waals surface area (Å²) in [4.78, 5) is 65.5. The number of hydrogen-bond donors (Lipinski definition) is 4. The molecule has 0 spiro atoms. The molecule has 43 heavy (non-hydrogen) atoms. The predicted octanol–water partition coefficient (Wildman–Crippen LogP) is 1.53. The summed E-state index contributed by atoms with van der Waals surface area (Å²) in [5.41, 5.74) is 0.227. The molecule has 1 heterocycles. The Hall–Kier alpha value is -5.20. The van der Waals surface area contributed by atoms with Crippen LogP contribution in [-0.2, 0) is 43.4 Å². The van der Waals surface area contributed by atoms with Gasteiger partial charge in [-0.25, -0.2) is 9.59 Å². The van der Waals surface area contributed by atoms with E-state index in [0.29, 0.717) is 37.1 Å².